The highest BCUT2D eigenvalue weighted by Gasteiger charge is 2.40. The molecule has 4 unspecified atom stereocenters. The van der Waals surface area contributed by atoms with Crippen molar-refractivity contribution in [3.63, 3.8) is 0 Å². The summed E-state index contributed by atoms with van der Waals surface area (Å²) < 4.78 is 0. The second-order valence-corrected chi connectivity index (χ2v) is 6.54. The molecule has 2 heteroatoms. The third-order valence-corrected chi connectivity index (χ3v) is 5.46. The number of rotatable bonds is 5. The normalized spacial score (nSPS) is 36.3. The molecule has 2 nitrogen and oxygen atoms in total. The molecule has 0 aliphatic carbocycles. The molecule has 4 atom stereocenters. The predicted octanol–water partition coefficient (Wildman–Crippen LogP) is 3.42. The zero-order chi connectivity index (χ0) is 13.1. The first-order valence-corrected chi connectivity index (χ1v) is 8.18. The molecule has 0 aromatic heterocycles. The third kappa shape index (κ3) is 2.91. The first-order valence-electron chi connectivity index (χ1n) is 8.18. The summed E-state index contributed by atoms with van der Waals surface area (Å²) in [4.78, 5) is 2.89. The average Bonchev–Trinajstić information content (AvgIpc) is 2.36. The number of nitrogens with one attached hydrogen (secondary N) is 1. The van der Waals surface area contributed by atoms with Crippen LogP contribution in [0.4, 0.5) is 0 Å². The van der Waals surface area contributed by atoms with E-state index in [-0.39, 0.29) is 0 Å². The van der Waals surface area contributed by atoms with Crippen molar-refractivity contribution in [3.05, 3.63) is 0 Å². The molecule has 106 valence electrons. The van der Waals surface area contributed by atoms with Gasteiger partial charge < -0.3 is 5.32 Å². The molecule has 0 spiro atoms. The Balaban J connectivity index is 2.03. The monoisotopic (exact) mass is 252 g/mol. The van der Waals surface area contributed by atoms with Crippen molar-refractivity contribution in [3.8, 4) is 0 Å². The van der Waals surface area contributed by atoms with Gasteiger partial charge in [-0.05, 0) is 45.1 Å². The molecule has 0 aromatic rings. The van der Waals surface area contributed by atoms with Crippen molar-refractivity contribution >= 4 is 0 Å². The standard InChI is InChI=1S/C16H32N2/c1-5-12(3)13(4)18-15-8-7-9-16(18)11-14(10-15)17-6-2/h12-17H,5-11H2,1-4H3. The molecule has 2 aliphatic heterocycles. The van der Waals surface area contributed by atoms with Crippen LogP contribution in [0.25, 0.3) is 0 Å². The number of piperidine rings is 2. The van der Waals surface area contributed by atoms with E-state index < -0.39 is 0 Å². The zero-order valence-corrected chi connectivity index (χ0v) is 12.8. The largest absolute Gasteiger partial charge is 0.314 e. The Morgan fingerprint density at radius 1 is 1.11 bits per heavy atom. The summed E-state index contributed by atoms with van der Waals surface area (Å²) in [6.45, 7) is 10.6. The molecular formula is C16H32N2. The van der Waals surface area contributed by atoms with Gasteiger partial charge in [-0.2, -0.15) is 0 Å². The maximum absolute atomic E-state index is 3.69. The molecule has 2 heterocycles. The van der Waals surface area contributed by atoms with E-state index in [2.05, 4.69) is 37.9 Å². The smallest absolute Gasteiger partial charge is 0.0116 e. The Morgan fingerprint density at radius 3 is 2.22 bits per heavy atom. The highest BCUT2D eigenvalue weighted by atomic mass is 15.2. The zero-order valence-electron chi connectivity index (χ0n) is 12.8. The fourth-order valence-electron chi connectivity index (χ4n) is 4.17. The first-order chi connectivity index (χ1) is 8.67. The topological polar surface area (TPSA) is 15.3 Å². The van der Waals surface area contributed by atoms with Gasteiger partial charge in [0.05, 0.1) is 0 Å². The molecule has 18 heavy (non-hydrogen) atoms. The number of nitrogens with zero attached hydrogens (tertiary/aromatic N) is 1. The van der Waals surface area contributed by atoms with Gasteiger partial charge >= 0.3 is 0 Å². The SMILES string of the molecule is CCNC1CC2CCCC(C1)N2C(C)C(C)CC. The lowest BCUT2D eigenvalue weighted by Crippen LogP contribution is -2.60. The summed E-state index contributed by atoms with van der Waals surface area (Å²) in [5, 5.41) is 3.69. The van der Waals surface area contributed by atoms with Crippen LogP contribution in [-0.2, 0) is 0 Å². The van der Waals surface area contributed by atoms with Crippen LogP contribution in [0.2, 0.25) is 0 Å². The summed E-state index contributed by atoms with van der Waals surface area (Å²) in [5.74, 6) is 0.837. The number of hydrogen-bond acceptors (Lipinski definition) is 2. The van der Waals surface area contributed by atoms with Gasteiger partial charge in [-0.25, -0.2) is 0 Å². The Bertz CT molecular complexity index is 239. The van der Waals surface area contributed by atoms with Crippen LogP contribution < -0.4 is 5.32 Å². The molecule has 2 aliphatic rings. The van der Waals surface area contributed by atoms with Crippen LogP contribution >= 0.6 is 0 Å². The van der Waals surface area contributed by atoms with Crippen LogP contribution in [0.5, 0.6) is 0 Å². The van der Waals surface area contributed by atoms with Gasteiger partial charge in [0.15, 0.2) is 0 Å². The maximum Gasteiger partial charge on any atom is 0.0116 e. The predicted molar refractivity (Wildman–Crippen MR) is 78.9 cm³/mol. The molecular weight excluding hydrogens is 220 g/mol. The van der Waals surface area contributed by atoms with Crippen molar-refractivity contribution in [1.29, 1.82) is 0 Å². The van der Waals surface area contributed by atoms with E-state index >= 15 is 0 Å². The van der Waals surface area contributed by atoms with Crippen molar-refractivity contribution in [2.24, 2.45) is 5.92 Å². The molecule has 1 N–H and O–H groups in total. The van der Waals surface area contributed by atoms with Gasteiger partial charge in [-0.3, -0.25) is 4.90 Å². The molecule has 0 amide bonds. The van der Waals surface area contributed by atoms with Gasteiger partial charge in [0.2, 0.25) is 0 Å². The van der Waals surface area contributed by atoms with E-state index in [1.807, 2.05) is 0 Å². The second kappa shape index (κ2) is 6.38. The Labute approximate surface area is 114 Å². The van der Waals surface area contributed by atoms with Crippen LogP contribution in [-0.4, -0.2) is 35.6 Å². The molecule has 2 saturated heterocycles. The summed E-state index contributed by atoms with van der Waals surface area (Å²) in [7, 11) is 0. The lowest BCUT2D eigenvalue weighted by atomic mass is 9.79. The van der Waals surface area contributed by atoms with Gasteiger partial charge in [0.25, 0.3) is 0 Å². The van der Waals surface area contributed by atoms with Crippen molar-refractivity contribution in [2.75, 3.05) is 6.54 Å². The summed E-state index contributed by atoms with van der Waals surface area (Å²) >= 11 is 0. The molecule has 2 fully saturated rings. The minimum atomic E-state index is 0.771. The van der Waals surface area contributed by atoms with Gasteiger partial charge in [-0.15, -0.1) is 0 Å². The summed E-state index contributed by atoms with van der Waals surface area (Å²) in [5.41, 5.74) is 0. The van der Waals surface area contributed by atoms with E-state index in [0.29, 0.717) is 0 Å². The molecule has 2 bridgehead atoms. The molecule has 0 radical (unpaired) electrons. The summed E-state index contributed by atoms with van der Waals surface area (Å²) in [6, 6.07) is 3.26. The Morgan fingerprint density at radius 2 is 1.72 bits per heavy atom. The Kier molecular flexibility index (Phi) is 5.08. The minimum Gasteiger partial charge on any atom is -0.314 e. The van der Waals surface area contributed by atoms with E-state index in [4.69, 9.17) is 0 Å². The first kappa shape index (κ1) is 14.3. The van der Waals surface area contributed by atoms with Crippen molar-refractivity contribution in [1.82, 2.24) is 10.2 Å². The van der Waals surface area contributed by atoms with E-state index in [9.17, 15) is 0 Å². The van der Waals surface area contributed by atoms with Crippen molar-refractivity contribution < 1.29 is 0 Å². The minimum absolute atomic E-state index is 0.771. The molecule has 0 aromatic carbocycles. The lowest BCUT2D eigenvalue weighted by molar-refractivity contribution is -0.0216. The quantitative estimate of drug-likeness (QED) is 0.806. The number of hydrogen-bond donors (Lipinski definition) is 1. The molecule has 2 rings (SSSR count). The molecule has 0 saturated carbocycles. The van der Waals surface area contributed by atoms with Crippen LogP contribution in [0, 0.1) is 5.92 Å². The van der Waals surface area contributed by atoms with Crippen LogP contribution in [0.3, 0.4) is 0 Å². The fourth-order valence-corrected chi connectivity index (χ4v) is 4.17. The van der Waals surface area contributed by atoms with E-state index in [1.54, 1.807) is 0 Å². The second-order valence-electron chi connectivity index (χ2n) is 6.54. The van der Waals surface area contributed by atoms with E-state index in [0.717, 1.165) is 36.6 Å². The van der Waals surface area contributed by atoms with Gasteiger partial charge in [-0.1, -0.05) is 33.6 Å². The van der Waals surface area contributed by atoms with E-state index in [1.165, 1.54) is 38.5 Å². The highest BCUT2D eigenvalue weighted by Crippen LogP contribution is 2.37. The lowest BCUT2D eigenvalue weighted by Gasteiger charge is -2.53. The number of fused-ring (bicyclic) bond motifs is 2. The highest BCUT2D eigenvalue weighted by molar-refractivity contribution is 4.97. The average molecular weight is 252 g/mol. The van der Waals surface area contributed by atoms with Gasteiger partial charge in [0.1, 0.15) is 0 Å². The Hall–Kier alpha value is -0.0800. The fraction of sp³-hybridized carbons (Fsp3) is 1.00. The van der Waals surface area contributed by atoms with Gasteiger partial charge in [0, 0.05) is 24.2 Å². The van der Waals surface area contributed by atoms with Crippen LogP contribution in [0.1, 0.15) is 66.2 Å². The maximum atomic E-state index is 3.69. The van der Waals surface area contributed by atoms with Crippen LogP contribution in [0.15, 0.2) is 0 Å². The summed E-state index contributed by atoms with van der Waals surface area (Å²) in [6.07, 6.45) is 8.39. The van der Waals surface area contributed by atoms with Crippen molar-refractivity contribution in [2.45, 2.75) is 90.4 Å². The third-order valence-electron chi connectivity index (χ3n) is 5.46.